The summed E-state index contributed by atoms with van der Waals surface area (Å²) in [6.07, 6.45) is 2.78. The zero-order valence-electron chi connectivity index (χ0n) is 21.1. The highest BCUT2D eigenvalue weighted by Gasteiger charge is 2.15. The van der Waals surface area contributed by atoms with Crippen LogP contribution in [0.3, 0.4) is 0 Å². The number of hydrogen-bond donors (Lipinski definition) is 1. The van der Waals surface area contributed by atoms with Crippen LogP contribution in [0.15, 0.2) is 88.3 Å². The first-order valence-electron chi connectivity index (χ1n) is 12.0. The molecular weight excluding hydrogens is 555 g/mol. The first-order chi connectivity index (χ1) is 19.4. The summed E-state index contributed by atoms with van der Waals surface area (Å²) in [7, 11) is 1.47. The molecule has 0 fully saturated rings. The maximum Gasteiger partial charge on any atom is 0.263 e. The van der Waals surface area contributed by atoms with Gasteiger partial charge in [-0.25, -0.2) is 14.8 Å². The monoisotopic (exact) mass is 576 g/mol. The van der Waals surface area contributed by atoms with Crippen LogP contribution in [0.4, 0.5) is 4.39 Å². The van der Waals surface area contributed by atoms with Crippen molar-refractivity contribution in [2.45, 2.75) is 13.2 Å². The van der Waals surface area contributed by atoms with E-state index in [1.54, 1.807) is 24.3 Å². The number of aromatic nitrogens is 2. The topological polar surface area (TPSA) is 94.8 Å². The molecule has 0 spiro atoms. The van der Waals surface area contributed by atoms with Crippen LogP contribution >= 0.6 is 22.9 Å². The molecule has 0 aliphatic heterocycles. The van der Waals surface area contributed by atoms with E-state index in [9.17, 15) is 14.0 Å². The van der Waals surface area contributed by atoms with Crippen LogP contribution in [-0.4, -0.2) is 28.8 Å². The molecule has 3 aromatic carbocycles. The average molecular weight is 577 g/mol. The van der Waals surface area contributed by atoms with Gasteiger partial charge < -0.3 is 9.47 Å². The standard InChI is InChI=1S/C29H22ClFN4O4S/c1-38-25-12-18(10-11-24(25)39-15-20-22(30)8-5-9-23(20)31)13-33-34-26(36)14-35-17-32-28-27(29(35)37)21(16-40-28)19-6-3-2-4-7-19/h2-13,16-17H,14-15H2,1H3,(H,34,36)/b33-13-. The molecule has 2 heterocycles. The number of hydrogen-bond acceptors (Lipinski definition) is 7. The van der Waals surface area contributed by atoms with Gasteiger partial charge in [-0.2, -0.15) is 5.10 Å². The Bertz CT molecular complexity index is 1750. The van der Waals surface area contributed by atoms with Crippen LogP contribution in [0.1, 0.15) is 11.1 Å². The summed E-state index contributed by atoms with van der Waals surface area (Å²) in [6.45, 7) is -0.332. The summed E-state index contributed by atoms with van der Waals surface area (Å²) in [5.41, 5.74) is 4.66. The highest BCUT2D eigenvalue weighted by Crippen LogP contribution is 2.31. The van der Waals surface area contributed by atoms with Crippen molar-refractivity contribution in [1.29, 1.82) is 0 Å². The first-order valence-corrected chi connectivity index (χ1v) is 13.3. The first kappa shape index (κ1) is 27.0. The molecule has 2 aromatic heterocycles. The maximum absolute atomic E-state index is 14.0. The van der Waals surface area contributed by atoms with Gasteiger partial charge in [0.2, 0.25) is 0 Å². The third-order valence-corrected chi connectivity index (χ3v) is 7.22. The Morgan fingerprint density at radius 3 is 2.75 bits per heavy atom. The molecule has 5 rings (SSSR count). The number of carbonyl (C=O) groups is 1. The summed E-state index contributed by atoms with van der Waals surface area (Å²) in [6, 6.07) is 19.0. The zero-order valence-corrected chi connectivity index (χ0v) is 22.7. The molecule has 0 atom stereocenters. The van der Waals surface area contributed by atoms with E-state index in [2.05, 4.69) is 15.5 Å². The van der Waals surface area contributed by atoms with E-state index in [0.29, 0.717) is 27.3 Å². The highest BCUT2D eigenvalue weighted by molar-refractivity contribution is 7.17. The number of methoxy groups -OCH3 is 1. The van der Waals surface area contributed by atoms with E-state index < -0.39 is 11.7 Å². The number of rotatable bonds is 9. The normalized spacial score (nSPS) is 11.2. The third kappa shape index (κ3) is 5.88. The molecular formula is C29H22ClFN4O4S. The van der Waals surface area contributed by atoms with Crippen molar-refractivity contribution in [3.8, 4) is 22.6 Å². The summed E-state index contributed by atoms with van der Waals surface area (Å²) < 4.78 is 26.4. The maximum atomic E-state index is 14.0. The molecule has 1 N–H and O–H groups in total. The lowest BCUT2D eigenvalue weighted by Crippen LogP contribution is -2.30. The average Bonchev–Trinajstić information content (AvgIpc) is 3.40. The second-order valence-electron chi connectivity index (χ2n) is 8.57. The number of fused-ring (bicyclic) bond motifs is 1. The number of halogens is 2. The molecule has 0 unspecified atom stereocenters. The summed E-state index contributed by atoms with van der Waals surface area (Å²) in [4.78, 5) is 30.7. The van der Waals surface area contributed by atoms with Crippen molar-refractivity contribution >= 4 is 45.3 Å². The predicted molar refractivity (Wildman–Crippen MR) is 154 cm³/mol. The fourth-order valence-corrected chi connectivity index (χ4v) is 5.11. The molecule has 202 valence electrons. The fraction of sp³-hybridized carbons (Fsp3) is 0.103. The van der Waals surface area contributed by atoms with Crippen LogP contribution in [-0.2, 0) is 17.9 Å². The Morgan fingerprint density at radius 1 is 1.15 bits per heavy atom. The number of thiophene rings is 1. The molecule has 0 saturated heterocycles. The van der Waals surface area contributed by atoms with E-state index in [1.807, 2.05) is 35.7 Å². The Labute approximate surface area is 237 Å². The molecule has 0 aliphatic rings. The van der Waals surface area contributed by atoms with Crippen LogP contribution in [0.5, 0.6) is 11.5 Å². The number of nitrogens with zero attached hydrogens (tertiary/aromatic N) is 3. The van der Waals surface area contributed by atoms with E-state index in [-0.39, 0.29) is 29.3 Å². The van der Waals surface area contributed by atoms with Crippen molar-refractivity contribution in [2.24, 2.45) is 5.10 Å². The SMILES string of the molecule is COc1cc(/C=N\NC(=O)Cn2cnc3scc(-c4ccccc4)c3c2=O)ccc1OCc1c(F)cccc1Cl. The highest BCUT2D eigenvalue weighted by atomic mass is 35.5. The number of benzene rings is 3. The Kier molecular flexibility index (Phi) is 8.18. The zero-order chi connectivity index (χ0) is 28.1. The van der Waals surface area contributed by atoms with Crippen LogP contribution in [0.2, 0.25) is 5.02 Å². The van der Waals surface area contributed by atoms with Gasteiger partial charge in [-0.15, -0.1) is 11.3 Å². The van der Waals surface area contributed by atoms with Crippen molar-refractivity contribution in [3.63, 3.8) is 0 Å². The second kappa shape index (κ2) is 12.1. The fourth-order valence-electron chi connectivity index (χ4n) is 3.98. The Hall–Kier alpha value is -4.54. The lowest BCUT2D eigenvalue weighted by molar-refractivity contribution is -0.121. The molecule has 40 heavy (non-hydrogen) atoms. The smallest absolute Gasteiger partial charge is 0.263 e. The van der Waals surface area contributed by atoms with Crippen LogP contribution in [0, 0.1) is 5.82 Å². The largest absolute Gasteiger partial charge is 0.493 e. The summed E-state index contributed by atoms with van der Waals surface area (Å²) >= 11 is 7.44. The summed E-state index contributed by atoms with van der Waals surface area (Å²) in [5, 5.41) is 6.62. The Balaban J connectivity index is 1.24. The molecule has 0 aliphatic carbocycles. The molecule has 8 nitrogen and oxygen atoms in total. The molecule has 0 saturated carbocycles. The van der Waals surface area contributed by atoms with Crippen molar-refractivity contribution in [2.75, 3.05) is 7.11 Å². The third-order valence-electron chi connectivity index (χ3n) is 5.98. The van der Waals surface area contributed by atoms with Gasteiger partial charge in [-0.05, 0) is 41.5 Å². The van der Waals surface area contributed by atoms with Gasteiger partial charge in [0.1, 0.15) is 23.8 Å². The van der Waals surface area contributed by atoms with Crippen molar-refractivity contribution in [1.82, 2.24) is 15.0 Å². The van der Waals surface area contributed by atoms with Crippen molar-refractivity contribution < 1.29 is 18.7 Å². The van der Waals surface area contributed by atoms with Gasteiger partial charge >= 0.3 is 0 Å². The molecule has 5 aromatic rings. The number of amides is 1. The van der Waals surface area contributed by atoms with Gasteiger partial charge in [0.15, 0.2) is 11.5 Å². The van der Waals surface area contributed by atoms with Gasteiger partial charge in [0.25, 0.3) is 11.5 Å². The van der Waals surface area contributed by atoms with Crippen molar-refractivity contribution in [3.05, 3.63) is 111 Å². The quantitative estimate of drug-likeness (QED) is 0.181. The van der Waals surface area contributed by atoms with Gasteiger partial charge in [0, 0.05) is 16.5 Å². The number of carbonyl (C=O) groups excluding carboxylic acids is 1. The number of hydrazone groups is 1. The molecule has 0 radical (unpaired) electrons. The minimum atomic E-state index is -0.496. The molecule has 0 bridgehead atoms. The number of ether oxygens (including phenoxy) is 2. The van der Waals surface area contributed by atoms with E-state index in [4.69, 9.17) is 21.1 Å². The molecule has 11 heteroatoms. The molecule has 1 amide bonds. The Morgan fingerprint density at radius 2 is 1.98 bits per heavy atom. The van der Waals surface area contributed by atoms with Crippen LogP contribution in [0.25, 0.3) is 21.3 Å². The van der Waals surface area contributed by atoms with E-state index in [0.717, 1.165) is 11.1 Å². The minimum absolute atomic E-state index is 0.0798. The van der Waals surface area contributed by atoms with Gasteiger partial charge in [-0.1, -0.05) is 48.0 Å². The second-order valence-corrected chi connectivity index (χ2v) is 9.83. The number of nitrogens with one attached hydrogen (secondary N) is 1. The van der Waals surface area contributed by atoms with E-state index >= 15 is 0 Å². The van der Waals surface area contributed by atoms with E-state index in [1.165, 1.54) is 47.7 Å². The predicted octanol–water partition coefficient (Wildman–Crippen LogP) is 5.66. The minimum Gasteiger partial charge on any atom is -0.493 e. The lowest BCUT2D eigenvalue weighted by Gasteiger charge is -2.12. The van der Waals surface area contributed by atoms with Gasteiger partial charge in [0.05, 0.1) is 30.1 Å². The van der Waals surface area contributed by atoms with Gasteiger partial charge in [-0.3, -0.25) is 14.2 Å². The lowest BCUT2D eigenvalue weighted by atomic mass is 10.1. The summed E-state index contributed by atoms with van der Waals surface area (Å²) in [5.74, 6) is -0.187. The van der Waals surface area contributed by atoms with Crippen LogP contribution < -0.4 is 20.5 Å².